The molecular weight excluding hydrogens is 348 g/mol. The van der Waals surface area contributed by atoms with Crippen LogP contribution in [-0.4, -0.2) is 48.2 Å². The number of rotatable bonds is 5. The van der Waals surface area contributed by atoms with Crippen molar-refractivity contribution < 1.29 is 4.74 Å². The number of nitrogens with zero attached hydrogens (tertiary/aromatic N) is 2. The number of nitrogens with one attached hydrogen (secondary N) is 2. The van der Waals surface area contributed by atoms with Crippen molar-refractivity contribution in [1.82, 2.24) is 15.5 Å². The summed E-state index contributed by atoms with van der Waals surface area (Å²) < 4.78 is 6.12. The molecule has 0 aliphatic carbocycles. The number of hydrogen-bond donors (Lipinski definition) is 2. The van der Waals surface area contributed by atoms with Crippen LogP contribution in [0.4, 0.5) is 0 Å². The summed E-state index contributed by atoms with van der Waals surface area (Å²) in [6.45, 7) is 9.84. The lowest BCUT2D eigenvalue weighted by Gasteiger charge is -2.47. The molecule has 2 unspecified atom stereocenters. The summed E-state index contributed by atoms with van der Waals surface area (Å²) in [5, 5.41) is 7.14. The maximum absolute atomic E-state index is 6.12. The first-order valence-corrected chi connectivity index (χ1v) is 10.9. The minimum atomic E-state index is -0.214. The average Bonchev–Trinajstić information content (AvgIpc) is 2.60. The highest BCUT2D eigenvalue weighted by molar-refractivity contribution is 5.80. The summed E-state index contributed by atoms with van der Waals surface area (Å²) in [7, 11) is 2.30. The van der Waals surface area contributed by atoms with Gasteiger partial charge in [0.05, 0.1) is 6.54 Å². The first-order valence-electron chi connectivity index (χ1n) is 10.9. The molecule has 2 aliphatic heterocycles. The molecule has 2 bridgehead atoms. The van der Waals surface area contributed by atoms with Gasteiger partial charge in [0.25, 0.3) is 0 Å². The monoisotopic (exact) mass is 386 g/mol. The molecule has 28 heavy (non-hydrogen) atoms. The van der Waals surface area contributed by atoms with Crippen LogP contribution in [-0.2, 0) is 6.54 Å². The minimum Gasteiger partial charge on any atom is -0.488 e. The lowest BCUT2D eigenvalue weighted by molar-refractivity contribution is 0.0526. The van der Waals surface area contributed by atoms with Gasteiger partial charge in [0.15, 0.2) is 5.96 Å². The lowest BCUT2D eigenvalue weighted by Crippen LogP contribution is -2.56. The molecule has 2 fully saturated rings. The molecule has 0 spiro atoms. The highest BCUT2D eigenvalue weighted by atomic mass is 16.5. The molecule has 1 aromatic rings. The number of aliphatic imine (C=N–C) groups is 1. The van der Waals surface area contributed by atoms with Crippen molar-refractivity contribution in [2.45, 2.75) is 90.1 Å². The molecule has 156 valence electrons. The molecule has 2 heterocycles. The van der Waals surface area contributed by atoms with Gasteiger partial charge >= 0.3 is 0 Å². The van der Waals surface area contributed by atoms with E-state index < -0.39 is 0 Å². The van der Waals surface area contributed by atoms with Gasteiger partial charge in [-0.25, -0.2) is 4.99 Å². The number of piperidine rings is 2. The predicted molar refractivity (Wildman–Crippen MR) is 117 cm³/mol. The van der Waals surface area contributed by atoms with Crippen molar-refractivity contribution in [2.24, 2.45) is 4.99 Å². The summed E-state index contributed by atoms with van der Waals surface area (Å²) in [4.78, 5) is 7.49. The summed E-state index contributed by atoms with van der Waals surface area (Å²) >= 11 is 0. The Morgan fingerprint density at radius 1 is 1.18 bits per heavy atom. The Kier molecular flexibility index (Phi) is 6.86. The Bertz CT molecular complexity index is 653. The number of para-hydroxylation sites is 1. The Labute approximate surface area is 170 Å². The summed E-state index contributed by atoms with van der Waals surface area (Å²) in [6, 6.07) is 10.2. The molecule has 0 saturated carbocycles. The quantitative estimate of drug-likeness (QED) is 0.595. The zero-order chi connectivity index (χ0) is 20.1. The average molecular weight is 387 g/mol. The van der Waals surface area contributed by atoms with Crippen LogP contribution in [0.5, 0.6) is 5.75 Å². The van der Waals surface area contributed by atoms with E-state index in [9.17, 15) is 0 Å². The van der Waals surface area contributed by atoms with E-state index in [0.29, 0.717) is 24.7 Å². The van der Waals surface area contributed by atoms with E-state index >= 15 is 0 Å². The van der Waals surface area contributed by atoms with Crippen molar-refractivity contribution in [2.75, 3.05) is 13.6 Å². The molecule has 3 rings (SSSR count). The van der Waals surface area contributed by atoms with Crippen molar-refractivity contribution >= 4 is 5.96 Å². The molecule has 5 heteroatoms. The van der Waals surface area contributed by atoms with Crippen LogP contribution in [0.15, 0.2) is 29.3 Å². The van der Waals surface area contributed by atoms with Gasteiger partial charge in [-0.3, -0.25) is 0 Å². The van der Waals surface area contributed by atoms with E-state index in [1.807, 2.05) is 12.1 Å². The topological polar surface area (TPSA) is 48.9 Å². The number of fused-ring (bicyclic) bond motifs is 2. The summed E-state index contributed by atoms with van der Waals surface area (Å²) in [5.41, 5.74) is 0.906. The van der Waals surface area contributed by atoms with Crippen molar-refractivity contribution in [3.8, 4) is 5.75 Å². The van der Waals surface area contributed by atoms with E-state index in [-0.39, 0.29) is 5.60 Å². The molecule has 2 saturated heterocycles. The zero-order valence-electron chi connectivity index (χ0n) is 18.3. The van der Waals surface area contributed by atoms with Gasteiger partial charge in [-0.2, -0.15) is 0 Å². The molecule has 1 aromatic carbocycles. The van der Waals surface area contributed by atoms with Gasteiger partial charge in [-0.15, -0.1) is 0 Å². The predicted octanol–water partition coefficient (Wildman–Crippen LogP) is 3.93. The Hall–Kier alpha value is -1.75. The highest BCUT2D eigenvalue weighted by Gasteiger charge is 2.36. The molecule has 0 aromatic heterocycles. The second-order valence-electron chi connectivity index (χ2n) is 9.23. The number of benzene rings is 1. The standard InChI is InChI=1S/C23H38N4O/c1-6-24-22(26-18-14-19-11-9-12-20(15-18)27(19)5)25-16-17-10-7-8-13-21(17)28-23(2,3)4/h7-8,10,13,18-20H,6,9,11-12,14-16H2,1-5H3,(H2,24,25,26). The van der Waals surface area contributed by atoms with E-state index in [2.05, 4.69) is 62.4 Å². The third-order valence-corrected chi connectivity index (χ3v) is 5.82. The van der Waals surface area contributed by atoms with Gasteiger partial charge in [0.1, 0.15) is 11.4 Å². The maximum atomic E-state index is 6.12. The van der Waals surface area contributed by atoms with Gasteiger partial charge in [-0.1, -0.05) is 24.6 Å². The van der Waals surface area contributed by atoms with Crippen molar-refractivity contribution in [3.63, 3.8) is 0 Å². The summed E-state index contributed by atoms with van der Waals surface area (Å²) in [6.07, 6.45) is 6.46. The zero-order valence-corrected chi connectivity index (χ0v) is 18.3. The second kappa shape index (κ2) is 9.17. The minimum absolute atomic E-state index is 0.214. The third-order valence-electron chi connectivity index (χ3n) is 5.82. The Morgan fingerprint density at radius 2 is 1.86 bits per heavy atom. The van der Waals surface area contributed by atoms with Crippen molar-refractivity contribution in [3.05, 3.63) is 29.8 Å². The highest BCUT2D eigenvalue weighted by Crippen LogP contribution is 2.32. The molecule has 0 radical (unpaired) electrons. The van der Waals surface area contributed by atoms with E-state index in [0.717, 1.165) is 23.8 Å². The fraction of sp³-hybridized carbons (Fsp3) is 0.696. The van der Waals surface area contributed by atoms with Crippen LogP contribution in [0.25, 0.3) is 0 Å². The normalized spacial score (nSPS) is 26.0. The van der Waals surface area contributed by atoms with E-state index in [1.54, 1.807) is 0 Å². The molecule has 2 aliphatic rings. The number of guanidine groups is 1. The fourth-order valence-corrected chi connectivity index (χ4v) is 4.48. The van der Waals surface area contributed by atoms with Crippen LogP contribution in [0, 0.1) is 0 Å². The molecule has 5 nitrogen and oxygen atoms in total. The van der Waals surface area contributed by atoms with Gasteiger partial charge < -0.3 is 20.3 Å². The van der Waals surface area contributed by atoms with Crippen LogP contribution >= 0.6 is 0 Å². The Balaban J connectivity index is 1.67. The largest absolute Gasteiger partial charge is 0.488 e. The smallest absolute Gasteiger partial charge is 0.191 e. The van der Waals surface area contributed by atoms with Crippen LogP contribution < -0.4 is 15.4 Å². The van der Waals surface area contributed by atoms with Gasteiger partial charge in [0.2, 0.25) is 0 Å². The number of hydrogen-bond acceptors (Lipinski definition) is 3. The van der Waals surface area contributed by atoms with Crippen LogP contribution in [0.2, 0.25) is 0 Å². The summed E-state index contributed by atoms with van der Waals surface area (Å²) in [5.74, 6) is 1.84. The van der Waals surface area contributed by atoms with Gasteiger partial charge in [0, 0.05) is 30.2 Å². The number of ether oxygens (including phenoxy) is 1. The van der Waals surface area contributed by atoms with E-state index in [1.165, 1.54) is 32.1 Å². The fourth-order valence-electron chi connectivity index (χ4n) is 4.48. The molecular formula is C23H38N4O. The van der Waals surface area contributed by atoms with Gasteiger partial charge in [-0.05, 0) is 66.5 Å². The maximum Gasteiger partial charge on any atom is 0.191 e. The third kappa shape index (κ3) is 5.63. The second-order valence-corrected chi connectivity index (χ2v) is 9.23. The first-order chi connectivity index (χ1) is 13.4. The molecule has 0 amide bonds. The Morgan fingerprint density at radius 3 is 2.50 bits per heavy atom. The van der Waals surface area contributed by atoms with E-state index in [4.69, 9.17) is 9.73 Å². The molecule has 2 N–H and O–H groups in total. The van der Waals surface area contributed by atoms with Crippen molar-refractivity contribution in [1.29, 1.82) is 0 Å². The molecule has 2 atom stereocenters. The SMILES string of the molecule is CCNC(=NCc1ccccc1OC(C)(C)C)NC1CC2CCCC(C1)N2C. The van der Waals surface area contributed by atoms with Crippen LogP contribution in [0.3, 0.4) is 0 Å². The lowest BCUT2D eigenvalue weighted by atomic mass is 9.82. The van der Waals surface area contributed by atoms with Crippen LogP contribution in [0.1, 0.15) is 65.4 Å². The first kappa shape index (κ1) is 21.0.